The SMILES string of the molecule is O=C(O)/C=C/c1ccc(Oc2ccc(F)cc2)cc1Cl. The van der Waals surface area contributed by atoms with Gasteiger partial charge in [-0.25, -0.2) is 9.18 Å². The minimum Gasteiger partial charge on any atom is -0.478 e. The molecule has 0 unspecified atom stereocenters. The van der Waals surface area contributed by atoms with Crippen molar-refractivity contribution < 1.29 is 19.0 Å². The summed E-state index contributed by atoms with van der Waals surface area (Å²) >= 11 is 6.02. The summed E-state index contributed by atoms with van der Waals surface area (Å²) in [5.74, 6) is -0.428. The van der Waals surface area contributed by atoms with E-state index in [0.717, 1.165) is 6.08 Å². The van der Waals surface area contributed by atoms with Crippen LogP contribution in [0, 0.1) is 5.82 Å². The highest BCUT2D eigenvalue weighted by atomic mass is 35.5. The van der Waals surface area contributed by atoms with E-state index in [2.05, 4.69) is 0 Å². The van der Waals surface area contributed by atoms with Crippen molar-refractivity contribution in [2.75, 3.05) is 0 Å². The molecule has 0 atom stereocenters. The van der Waals surface area contributed by atoms with Gasteiger partial charge in [-0.1, -0.05) is 11.6 Å². The number of benzene rings is 2. The first-order valence-electron chi connectivity index (χ1n) is 5.68. The van der Waals surface area contributed by atoms with Crippen LogP contribution in [0.4, 0.5) is 4.39 Å². The van der Waals surface area contributed by atoms with Gasteiger partial charge < -0.3 is 9.84 Å². The predicted octanol–water partition coefficient (Wildman–Crippen LogP) is 4.37. The Labute approximate surface area is 119 Å². The molecular weight excluding hydrogens is 283 g/mol. The number of hydrogen-bond acceptors (Lipinski definition) is 2. The van der Waals surface area contributed by atoms with Crippen molar-refractivity contribution in [3.8, 4) is 11.5 Å². The van der Waals surface area contributed by atoms with Crippen LogP contribution in [0.1, 0.15) is 5.56 Å². The molecule has 0 saturated carbocycles. The predicted molar refractivity (Wildman–Crippen MR) is 74.6 cm³/mol. The van der Waals surface area contributed by atoms with Gasteiger partial charge in [0.25, 0.3) is 0 Å². The number of halogens is 2. The molecule has 2 aromatic carbocycles. The molecule has 2 rings (SSSR count). The van der Waals surface area contributed by atoms with E-state index in [1.54, 1.807) is 18.2 Å². The van der Waals surface area contributed by atoms with Crippen LogP contribution in [0.5, 0.6) is 11.5 Å². The molecule has 1 N–H and O–H groups in total. The van der Waals surface area contributed by atoms with Gasteiger partial charge in [-0.05, 0) is 54.1 Å². The fourth-order valence-corrected chi connectivity index (χ4v) is 1.74. The molecular formula is C15H10ClFO3. The van der Waals surface area contributed by atoms with Crippen LogP contribution in [0.2, 0.25) is 5.02 Å². The second-order valence-electron chi connectivity index (χ2n) is 3.91. The lowest BCUT2D eigenvalue weighted by atomic mass is 10.2. The number of rotatable bonds is 4. The van der Waals surface area contributed by atoms with Crippen molar-refractivity contribution in [2.24, 2.45) is 0 Å². The third-order valence-corrected chi connectivity index (χ3v) is 2.75. The largest absolute Gasteiger partial charge is 0.478 e. The van der Waals surface area contributed by atoms with Crippen molar-refractivity contribution in [3.05, 3.63) is 64.9 Å². The molecule has 102 valence electrons. The Morgan fingerprint density at radius 3 is 2.40 bits per heavy atom. The van der Waals surface area contributed by atoms with E-state index in [4.69, 9.17) is 21.4 Å². The molecule has 5 heteroatoms. The molecule has 0 aliphatic heterocycles. The minimum absolute atomic E-state index is 0.343. The highest BCUT2D eigenvalue weighted by molar-refractivity contribution is 6.32. The van der Waals surface area contributed by atoms with E-state index >= 15 is 0 Å². The van der Waals surface area contributed by atoms with Crippen LogP contribution >= 0.6 is 11.6 Å². The molecule has 0 bridgehead atoms. The molecule has 0 aromatic heterocycles. The van der Waals surface area contributed by atoms with Crippen molar-refractivity contribution in [2.45, 2.75) is 0 Å². The van der Waals surface area contributed by atoms with Gasteiger partial charge in [-0.15, -0.1) is 0 Å². The van der Waals surface area contributed by atoms with Crippen molar-refractivity contribution >= 4 is 23.6 Å². The molecule has 0 aliphatic rings. The summed E-state index contributed by atoms with van der Waals surface area (Å²) < 4.78 is 18.3. The molecule has 0 aliphatic carbocycles. The van der Waals surface area contributed by atoms with Gasteiger partial charge in [0.2, 0.25) is 0 Å². The van der Waals surface area contributed by atoms with Crippen LogP contribution in [0.25, 0.3) is 6.08 Å². The first-order chi connectivity index (χ1) is 9.54. The second kappa shape index (κ2) is 6.21. The Hall–Kier alpha value is -2.33. The van der Waals surface area contributed by atoms with E-state index < -0.39 is 5.97 Å². The standard InChI is InChI=1S/C15H10ClFO3/c16-14-9-13(5-1-10(14)2-8-15(18)19)20-12-6-3-11(17)4-7-12/h1-9H,(H,18,19)/b8-2+. The lowest BCUT2D eigenvalue weighted by Crippen LogP contribution is -1.88. The van der Waals surface area contributed by atoms with Gasteiger partial charge in [0.05, 0.1) is 5.02 Å². The van der Waals surface area contributed by atoms with Gasteiger partial charge in [-0.2, -0.15) is 0 Å². The van der Waals surface area contributed by atoms with Crippen LogP contribution in [0.15, 0.2) is 48.5 Å². The zero-order valence-electron chi connectivity index (χ0n) is 10.2. The minimum atomic E-state index is -1.05. The maximum Gasteiger partial charge on any atom is 0.328 e. The smallest absolute Gasteiger partial charge is 0.328 e. The van der Waals surface area contributed by atoms with Gasteiger partial charge >= 0.3 is 5.97 Å². The second-order valence-corrected chi connectivity index (χ2v) is 4.32. The maximum absolute atomic E-state index is 12.8. The lowest BCUT2D eigenvalue weighted by molar-refractivity contribution is -0.131. The van der Waals surface area contributed by atoms with Crippen LogP contribution in [0.3, 0.4) is 0 Å². The molecule has 0 radical (unpaired) electrons. The first-order valence-corrected chi connectivity index (χ1v) is 6.06. The summed E-state index contributed by atoms with van der Waals surface area (Å²) in [5, 5.41) is 8.92. The fraction of sp³-hybridized carbons (Fsp3) is 0. The normalized spacial score (nSPS) is 10.7. The number of carbonyl (C=O) groups is 1. The summed E-state index contributed by atoms with van der Waals surface area (Å²) in [7, 11) is 0. The molecule has 20 heavy (non-hydrogen) atoms. The zero-order chi connectivity index (χ0) is 14.5. The third-order valence-electron chi connectivity index (χ3n) is 2.43. The quantitative estimate of drug-likeness (QED) is 0.851. The first kappa shape index (κ1) is 14.1. The summed E-state index contributed by atoms with van der Waals surface area (Å²) in [6.45, 7) is 0. The van der Waals surface area contributed by atoms with Gasteiger partial charge in [-0.3, -0.25) is 0 Å². The molecule has 0 spiro atoms. The van der Waals surface area contributed by atoms with Gasteiger partial charge in [0, 0.05) is 6.08 Å². The maximum atomic E-state index is 12.8. The number of hydrogen-bond donors (Lipinski definition) is 1. The topological polar surface area (TPSA) is 46.5 Å². The van der Waals surface area contributed by atoms with Gasteiger partial charge in [0.15, 0.2) is 0 Å². The van der Waals surface area contributed by atoms with Crippen molar-refractivity contribution in [1.82, 2.24) is 0 Å². The summed E-state index contributed by atoms with van der Waals surface area (Å²) in [6.07, 6.45) is 2.40. The van der Waals surface area contributed by atoms with Crippen LogP contribution in [-0.4, -0.2) is 11.1 Å². The van der Waals surface area contributed by atoms with E-state index in [1.807, 2.05) is 0 Å². The number of ether oxygens (including phenoxy) is 1. The number of carboxylic acid groups (broad SMARTS) is 1. The third kappa shape index (κ3) is 3.83. The number of carboxylic acids is 1. The summed E-state index contributed by atoms with van der Waals surface area (Å²) in [4.78, 5) is 10.4. The Morgan fingerprint density at radius 1 is 1.15 bits per heavy atom. The average Bonchev–Trinajstić information content (AvgIpc) is 2.40. The Bertz CT molecular complexity index is 651. The summed E-state index contributed by atoms with van der Waals surface area (Å²) in [5.41, 5.74) is 0.570. The monoisotopic (exact) mass is 292 g/mol. The van der Waals surface area contributed by atoms with Crippen LogP contribution in [-0.2, 0) is 4.79 Å². The zero-order valence-corrected chi connectivity index (χ0v) is 11.0. The van der Waals surface area contributed by atoms with E-state index in [1.165, 1.54) is 30.3 Å². The molecule has 0 saturated heterocycles. The van der Waals surface area contributed by atoms with Crippen LogP contribution < -0.4 is 4.74 Å². The molecule has 2 aromatic rings. The lowest BCUT2D eigenvalue weighted by Gasteiger charge is -2.07. The molecule has 3 nitrogen and oxygen atoms in total. The average molecular weight is 293 g/mol. The summed E-state index contributed by atoms with van der Waals surface area (Å²) in [6, 6.07) is 10.4. The Kier molecular flexibility index (Phi) is 4.38. The molecule has 0 heterocycles. The highest BCUT2D eigenvalue weighted by Crippen LogP contribution is 2.27. The van der Waals surface area contributed by atoms with E-state index in [-0.39, 0.29) is 5.82 Å². The van der Waals surface area contributed by atoms with Crippen molar-refractivity contribution in [3.63, 3.8) is 0 Å². The molecule has 0 fully saturated rings. The Balaban J connectivity index is 2.16. The number of aliphatic carboxylic acids is 1. The fourth-order valence-electron chi connectivity index (χ4n) is 1.51. The van der Waals surface area contributed by atoms with Crippen molar-refractivity contribution in [1.29, 1.82) is 0 Å². The van der Waals surface area contributed by atoms with E-state index in [0.29, 0.717) is 22.1 Å². The van der Waals surface area contributed by atoms with E-state index in [9.17, 15) is 9.18 Å². The Morgan fingerprint density at radius 2 is 1.80 bits per heavy atom. The highest BCUT2D eigenvalue weighted by Gasteiger charge is 2.02. The molecule has 0 amide bonds. The van der Waals surface area contributed by atoms with Gasteiger partial charge in [0.1, 0.15) is 17.3 Å².